The van der Waals surface area contributed by atoms with Crippen molar-refractivity contribution in [3.8, 4) is 0 Å². The van der Waals surface area contributed by atoms with Gasteiger partial charge in [0.15, 0.2) is 0 Å². The van der Waals surface area contributed by atoms with Crippen LogP contribution in [-0.2, 0) is 0 Å². The van der Waals surface area contributed by atoms with Crippen LogP contribution in [0.4, 0.5) is 0 Å². The Kier molecular flexibility index (Phi) is 8.07. The van der Waals surface area contributed by atoms with Gasteiger partial charge in [-0.1, -0.05) is 98.2 Å². The average molecular weight is 288 g/mol. The molecule has 0 aromatic heterocycles. The highest BCUT2D eigenvalue weighted by atomic mass is 14.0. The van der Waals surface area contributed by atoms with Crippen molar-refractivity contribution in [3.05, 3.63) is 108 Å². The van der Waals surface area contributed by atoms with Crippen molar-refractivity contribution < 1.29 is 0 Å². The van der Waals surface area contributed by atoms with Crippen LogP contribution in [0.1, 0.15) is 25.0 Å². The number of rotatable bonds is 7. The third-order valence-corrected chi connectivity index (χ3v) is 3.11. The topological polar surface area (TPSA) is 0 Å². The van der Waals surface area contributed by atoms with E-state index in [9.17, 15) is 0 Å². The second-order valence-electron chi connectivity index (χ2n) is 4.73. The van der Waals surface area contributed by atoms with Crippen LogP contribution >= 0.6 is 0 Å². The molecule has 0 aliphatic heterocycles. The van der Waals surface area contributed by atoms with Crippen LogP contribution in [0.25, 0.3) is 12.2 Å². The Morgan fingerprint density at radius 3 is 1.77 bits per heavy atom. The number of allylic oxidation sites excluding steroid dienone is 10. The molecule has 22 heavy (non-hydrogen) atoms. The highest BCUT2D eigenvalue weighted by molar-refractivity contribution is 5.60. The maximum absolute atomic E-state index is 3.78. The van der Waals surface area contributed by atoms with Gasteiger partial charge in [-0.15, -0.1) is 0 Å². The average Bonchev–Trinajstić information content (AvgIpc) is 2.56. The van der Waals surface area contributed by atoms with Crippen molar-refractivity contribution in [1.29, 1.82) is 0 Å². The molecule has 0 radical (unpaired) electrons. The second kappa shape index (κ2) is 10.2. The zero-order valence-corrected chi connectivity index (χ0v) is 13.5. The van der Waals surface area contributed by atoms with Crippen LogP contribution in [0.3, 0.4) is 0 Å². The van der Waals surface area contributed by atoms with Gasteiger partial charge in [0.2, 0.25) is 0 Å². The van der Waals surface area contributed by atoms with E-state index in [1.807, 2.05) is 38.2 Å². The largest absolute Gasteiger partial charge is 0.0990 e. The molecule has 0 amide bonds. The summed E-state index contributed by atoms with van der Waals surface area (Å²) in [6.07, 6.45) is 20.1. The highest BCUT2D eigenvalue weighted by Crippen LogP contribution is 2.11. The molecule has 1 aromatic carbocycles. The first-order chi connectivity index (χ1) is 10.7. The van der Waals surface area contributed by atoms with Crippen LogP contribution < -0.4 is 0 Å². The van der Waals surface area contributed by atoms with Crippen molar-refractivity contribution >= 4 is 12.2 Å². The molecular weight excluding hydrogens is 264 g/mol. The quantitative estimate of drug-likeness (QED) is 0.500. The van der Waals surface area contributed by atoms with Crippen LogP contribution in [0.15, 0.2) is 97.2 Å². The summed E-state index contributed by atoms with van der Waals surface area (Å²) in [6.45, 7) is 11.5. The Balaban J connectivity index is 2.81. The van der Waals surface area contributed by atoms with E-state index in [1.165, 1.54) is 11.1 Å². The minimum Gasteiger partial charge on any atom is -0.0990 e. The molecule has 0 aliphatic rings. The lowest BCUT2D eigenvalue weighted by molar-refractivity contribution is 1.57. The normalized spacial score (nSPS) is 13.4. The van der Waals surface area contributed by atoms with Crippen LogP contribution in [0.5, 0.6) is 0 Å². The molecule has 0 heteroatoms. The molecule has 0 spiro atoms. The fourth-order valence-electron chi connectivity index (χ4n) is 1.87. The van der Waals surface area contributed by atoms with Gasteiger partial charge in [-0.2, -0.15) is 0 Å². The van der Waals surface area contributed by atoms with E-state index in [2.05, 4.69) is 67.8 Å². The number of hydrogen-bond donors (Lipinski definition) is 0. The molecule has 0 saturated carbocycles. The first-order valence-corrected chi connectivity index (χ1v) is 7.44. The van der Waals surface area contributed by atoms with Crippen LogP contribution in [0.2, 0.25) is 0 Å². The maximum Gasteiger partial charge on any atom is -0.0256 e. The highest BCUT2D eigenvalue weighted by Gasteiger charge is 1.90. The Hall–Kier alpha value is -2.60. The fourth-order valence-corrected chi connectivity index (χ4v) is 1.87. The molecule has 0 heterocycles. The summed E-state index contributed by atoms with van der Waals surface area (Å²) < 4.78 is 0. The smallest absolute Gasteiger partial charge is 0.0256 e. The van der Waals surface area contributed by atoms with Gasteiger partial charge in [0, 0.05) is 0 Å². The summed E-state index contributed by atoms with van der Waals surface area (Å²) in [5, 5.41) is 0. The molecule has 1 rings (SSSR count). The Morgan fingerprint density at radius 2 is 1.36 bits per heavy atom. The minimum absolute atomic E-state index is 1.04. The van der Waals surface area contributed by atoms with Crippen LogP contribution in [-0.4, -0.2) is 0 Å². The molecule has 0 unspecified atom stereocenters. The van der Waals surface area contributed by atoms with Gasteiger partial charge >= 0.3 is 0 Å². The maximum atomic E-state index is 3.78. The lowest BCUT2D eigenvalue weighted by Gasteiger charge is -1.97. The minimum atomic E-state index is 1.04. The number of benzene rings is 1. The van der Waals surface area contributed by atoms with Gasteiger partial charge in [0.05, 0.1) is 0 Å². The van der Waals surface area contributed by atoms with Gasteiger partial charge in [-0.25, -0.2) is 0 Å². The first kappa shape index (κ1) is 17.5. The van der Waals surface area contributed by atoms with E-state index >= 15 is 0 Å². The van der Waals surface area contributed by atoms with Crippen LogP contribution in [0, 0.1) is 0 Å². The molecular formula is C22H24. The van der Waals surface area contributed by atoms with Crippen molar-refractivity contribution in [2.45, 2.75) is 13.8 Å². The van der Waals surface area contributed by atoms with E-state index in [-0.39, 0.29) is 0 Å². The molecule has 0 nitrogen and oxygen atoms in total. The molecule has 0 bridgehead atoms. The third kappa shape index (κ3) is 6.23. The molecule has 112 valence electrons. The first-order valence-electron chi connectivity index (χ1n) is 7.44. The molecule has 1 aromatic rings. The fraction of sp³-hybridized carbons (Fsp3) is 0.0909. The Morgan fingerprint density at radius 1 is 0.818 bits per heavy atom. The van der Waals surface area contributed by atoms with Crippen molar-refractivity contribution in [2.24, 2.45) is 0 Å². The second-order valence-corrected chi connectivity index (χ2v) is 4.73. The number of hydrogen-bond acceptors (Lipinski definition) is 0. The molecule has 0 aliphatic carbocycles. The predicted molar refractivity (Wildman–Crippen MR) is 102 cm³/mol. The monoisotopic (exact) mass is 288 g/mol. The van der Waals surface area contributed by atoms with Gasteiger partial charge in [-0.3, -0.25) is 0 Å². The van der Waals surface area contributed by atoms with Crippen molar-refractivity contribution in [2.75, 3.05) is 0 Å². The summed E-state index contributed by atoms with van der Waals surface area (Å²) in [5.74, 6) is 0. The van der Waals surface area contributed by atoms with E-state index < -0.39 is 0 Å². The Labute approximate surface area is 134 Å². The molecule has 0 fully saturated rings. The van der Waals surface area contributed by atoms with Gasteiger partial charge in [-0.05, 0) is 36.1 Å². The summed E-state index contributed by atoms with van der Waals surface area (Å²) in [7, 11) is 0. The summed E-state index contributed by atoms with van der Waals surface area (Å²) in [6, 6.07) is 8.44. The van der Waals surface area contributed by atoms with Gasteiger partial charge in [0.25, 0.3) is 0 Å². The molecule has 0 N–H and O–H groups in total. The van der Waals surface area contributed by atoms with Gasteiger partial charge < -0.3 is 0 Å². The molecule has 0 saturated heterocycles. The molecule has 0 atom stereocenters. The van der Waals surface area contributed by atoms with Crippen molar-refractivity contribution in [1.82, 2.24) is 0 Å². The van der Waals surface area contributed by atoms with Crippen molar-refractivity contribution in [3.63, 3.8) is 0 Å². The van der Waals surface area contributed by atoms with E-state index in [4.69, 9.17) is 0 Å². The van der Waals surface area contributed by atoms with Gasteiger partial charge in [0.1, 0.15) is 0 Å². The standard InChI is InChI=1S/C22H24/c1-5-9-19(7-3)11-13-21-15-17-22(18-16-21)14-12-20(8-4)10-6-2/h5-18H,1,3H2,2,4H3/b10-6-,13-11+,14-12+,19-9+,20-8+. The lowest BCUT2D eigenvalue weighted by atomic mass is 10.1. The third-order valence-electron chi connectivity index (χ3n) is 3.11. The summed E-state index contributed by atoms with van der Waals surface area (Å²) >= 11 is 0. The van der Waals surface area contributed by atoms with E-state index in [0.29, 0.717) is 0 Å². The predicted octanol–water partition coefficient (Wildman–Crippen LogP) is 6.53. The summed E-state index contributed by atoms with van der Waals surface area (Å²) in [4.78, 5) is 0. The Bertz CT molecular complexity index is 629. The SMILES string of the molecule is C=C/C=C(C=C)/C=C/c1ccc(/C=C/C(/C=C\C)=C/C)cc1. The lowest BCUT2D eigenvalue weighted by Crippen LogP contribution is -1.76. The van der Waals surface area contributed by atoms with E-state index in [1.54, 1.807) is 6.08 Å². The zero-order valence-electron chi connectivity index (χ0n) is 13.5. The summed E-state index contributed by atoms with van der Waals surface area (Å²) in [5.41, 5.74) is 4.60. The zero-order chi connectivity index (χ0) is 16.2. The van der Waals surface area contributed by atoms with E-state index in [0.717, 1.165) is 11.1 Å².